The molecule has 3 nitrogen and oxygen atoms in total. The third kappa shape index (κ3) is 5.51. The monoisotopic (exact) mass is 415 g/mol. The number of nitrogens with zero attached hydrogens (tertiary/aromatic N) is 1. The van der Waals surface area contributed by atoms with E-state index in [2.05, 4.69) is 4.98 Å². The number of rotatable bonds is 5. The first-order chi connectivity index (χ1) is 8.06. The molecule has 0 aliphatic carbocycles. The number of carbonyl (C=O) groups excluding carboxylic acids is 1. The smallest absolute Gasteiger partial charge is 0.305 e. The summed E-state index contributed by atoms with van der Waals surface area (Å²) in [5.74, 6) is -0.219. The van der Waals surface area contributed by atoms with E-state index in [4.69, 9.17) is 39.5 Å². The molecule has 1 rings (SSSR count). The van der Waals surface area contributed by atoms with E-state index in [9.17, 15) is 4.79 Å². The zero-order valence-electron chi connectivity index (χ0n) is 9.80. The molecule has 0 atom stereocenters. The van der Waals surface area contributed by atoms with Crippen LogP contribution in [0.5, 0.6) is 0 Å². The summed E-state index contributed by atoms with van der Waals surface area (Å²) in [7, 11) is 0. The largest absolute Gasteiger partial charge is 0.466 e. The number of carbonyl (C=O) groups is 1. The molecule has 1 aromatic heterocycles. The number of hydrogen-bond acceptors (Lipinski definition) is 3. The summed E-state index contributed by atoms with van der Waals surface area (Å²) in [6.45, 7) is 2.17. The van der Waals surface area contributed by atoms with Gasteiger partial charge in [0, 0.05) is 36.5 Å². The van der Waals surface area contributed by atoms with Crippen LogP contribution in [-0.4, -0.2) is 41.5 Å². The zero-order chi connectivity index (χ0) is 12.8. The van der Waals surface area contributed by atoms with Crippen LogP contribution in [0.1, 0.15) is 25.5 Å². The predicted molar refractivity (Wildman–Crippen MR) is 74.6 cm³/mol. The number of halogens is 3. The average molecular weight is 415 g/mol. The van der Waals surface area contributed by atoms with E-state index in [1.54, 1.807) is 6.92 Å². The minimum absolute atomic E-state index is 0. The Kier molecular flexibility index (Phi) is 9.38. The maximum atomic E-state index is 11.1. The van der Waals surface area contributed by atoms with E-state index in [0.29, 0.717) is 46.6 Å². The maximum absolute atomic E-state index is 11.1. The molecule has 98 valence electrons. The fraction of sp³-hybridized carbons (Fsp3) is 0.455. The molecule has 0 saturated heterocycles. The SMILES string of the molecule is CCOC(=O)CCCc1ncc(Cl)c(Cl)c1Cl.[Sn]. The normalized spacial score (nSPS) is 9.78. The number of ether oxygens (including phenoxy) is 1. The fourth-order valence-electron chi connectivity index (χ4n) is 1.29. The Morgan fingerprint density at radius 2 is 2.00 bits per heavy atom. The van der Waals surface area contributed by atoms with Gasteiger partial charge in [-0.15, -0.1) is 0 Å². The van der Waals surface area contributed by atoms with Crippen LogP contribution in [0.4, 0.5) is 0 Å². The summed E-state index contributed by atoms with van der Waals surface area (Å²) in [4.78, 5) is 15.2. The van der Waals surface area contributed by atoms with Gasteiger partial charge in [-0.2, -0.15) is 0 Å². The molecule has 0 aliphatic rings. The van der Waals surface area contributed by atoms with Crippen LogP contribution in [0.15, 0.2) is 6.20 Å². The molecule has 0 bridgehead atoms. The van der Waals surface area contributed by atoms with E-state index in [1.807, 2.05) is 0 Å². The molecule has 7 heteroatoms. The molecule has 4 radical (unpaired) electrons. The Hall–Kier alpha value is 0.289. The fourth-order valence-corrected chi connectivity index (χ4v) is 1.88. The second-order valence-electron chi connectivity index (χ2n) is 3.34. The molecule has 0 saturated carbocycles. The molecule has 0 aliphatic heterocycles. The van der Waals surface area contributed by atoms with E-state index >= 15 is 0 Å². The predicted octanol–water partition coefficient (Wildman–Crippen LogP) is 3.55. The van der Waals surface area contributed by atoms with Gasteiger partial charge >= 0.3 is 5.97 Å². The first-order valence-corrected chi connectivity index (χ1v) is 6.33. The van der Waals surface area contributed by atoms with Gasteiger partial charge in [-0.3, -0.25) is 9.78 Å². The Bertz CT molecular complexity index is 416. The van der Waals surface area contributed by atoms with Crippen molar-refractivity contribution in [3.8, 4) is 0 Å². The van der Waals surface area contributed by atoms with Crippen molar-refractivity contribution in [2.45, 2.75) is 26.2 Å². The second kappa shape index (κ2) is 9.23. The first-order valence-electron chi connectivity index (χ1n) is 5.20. The van der Waals surface area contributed by atoms with Gasteiger partial charge in [-0.1, -0.05) is 34.8 Å². The molecule has 0 aromatic carbocycles. The van der Waals surface area contributed by atoms with Crippen molar-refractivity contribution in [1.29, 1.82) is 0 Å². The molecule has 1 aromatic rings. The molecule has 18 heavy (non-hydrogen) atoms. The molecule has 0 spiro atoms. The third-order valence-corrected chi connectivity index (χ3v) is 3.37. The van der Waals surface area contributed by atoms with E-state index in [-0.39, 0.29) is 29.9 Å². The van der Waals surface area contributed by atoms with Crippen molar-refractivity contribution < 1.29 is 9.53 Å². The van der Waals surface area contributed by atoms with Crippen LogP contribution < -0.4 is 0 Å². The van der Waals surface area contributed by atoms with Gasteiger partial charge in [0.2, 0.25) is 0 Å². The van der Waals surface area contributed by atoms with Crippen molar-refractivity contribution in [2.75, 3.05) is 6.61 Å². The first kappa shape index (κ1) is 18.3. The van der Waals surface area contributed by atoms with Crippen LogP contribution >= 0.6 is 34.8 Å². The van der Waals surface area contributed by atoms with Crippen molar-refractivity contribution >= 4 is 64.7 Å². The van der Waals surface area contributed by atoms with E-state index in [1.165, 1.54) is 6.20 Å². The molecule has 0 amide bonds. The average Bonchev–Trinajstić information content (AvgIpc) is 2.29. The quantitative estimate of drug-likeness (QED) is 0.546. The van der Waals surface area contributed by atoms with Crippen molar-refractivity contribution in [2.24, 2.45) is 0 Å². The second-order valence-corrected chi connectivity index (χ2v) is 4.50. The van der Waals surface area contributed by atoms with Gasteiger partial charge in [-0.25, -0.2) is 0 Å². The van der Waals surface area contributed by atoms with Crippen LogP contribution in [0.2, 0.25) is 15.1 Å². The summed E-state index contributed by atoms with van der Waals surface area (Å²) in [5.41, 5.74) is 0.644. The van der Waals surface area contributed by atoms with Crippen molar-refractivity contribution in [1.82, 2.24) is 4.98 Å². The number of aryl methyl sites for hydroxylation is 1. The van der Waals surface area contributed by atoms with Crippen molar-refractivity contribution in [3.63, 3.8) is 0 Å². The third-order valence-electron chi connectivity index (χ3n) is 2.09. The summed E-state index contributed by atoms with van der Waals surface area (Å²) in [5, 5.41) is 0.975. The maximum Gasteiger partial charge on any atom is 0.305 e. The van der Waals surface area contributed by atoms with Gasteiger partial charge in [0.05, 0.1) is 27.4 Å². The van der Waals surface area contributed by atoms with Gasteiger partial charge in [0.1, 0.15) is 0 Å². The minimum Gasteiger partial charge on any atom is -0.466 e. The molecule has 0 N–H and O–H groups in total. The molecular weight excluding hydrogens is 403 g/mol. The number of esters is 1. The van der Waals surface area contributed by atoms with E-state index < -0.39 is 0 Å². The Morgan fingerprint density at radius 1 is 1.33 bits per heavy atom. The summed E-state index contributed by atoms with van der Waals surface area (Å²) < 4.78 is 4.81. The van der Waals surface area contributed by atoms with Gasteiger partial charge in [0.15, 0.2) is 0 Å². The molecule has 1 heterocycles. The van der Waals surface area contributed by atoms with E-state index in [0.717, 1.165) is 0 Å². The standard InChI is InChI=1S/C11H12Cl3NO2.Sn/c1-2-17-9(16)5-3-4-8-11(14)10(13)7(12)6-15-8;/h6H,2-5H2,1H3;. The number of hydrogen-bond donors (Lipinski definition) is 0. The van der Waals surface area contributed by atoms with Gasteiger partial charge in [-0.05, 0) is 19.8 Å². The summed E-state index contributed by atoms with van der Waals surface area (Å²) >= 11 is 17.6. The van der Waals surface area contributed by atoms with Gasteiger partial charge < -0.3 is 4.74 Å². The van der Waals surface area contributed by atoms with Crippen molar-refractivity contribution in [3.05, 3.63) is 27.0 Å². The van der Waals surface area contributed by atoms with Crippen LogP contribution in [0, 0.1) is 0 Å². The number of pyridine rings is 1. The number of aromatic nitrogens is 1. The minimum atomic E-state index is -0.219. The topological polar surface area (TPSA) is 39.2 Å². The summed E-state index contributed by atoms with van der Waals surface area (Å²) in [6.07, 6.45) is 2.97. The zero-order valence-corrected chi connectivity index (χ0v) is 14.9. The molecule has 0 fully saturated rings. The Balaban J connectivity index is 0.00000289. The van der Waals surface area contributed by atoms with Crippen LogP contribution in [0.25, 0.3) is 0 Å². The van der Waals surface area contributed by atoms with Crippen LogP contribution in [-0.2, 0) is 16.0 Å². The summed E-state index contributed by atoms with van der Waals surface area (Å²) in [6, 6.07) is 0. The van der Waals surface area contributed by atoms with Gasteiger partial charge in [0.25, 0.3) is 0 Å². The Morgan fingerprint density at radius 3 is 2.61 bits per heavy atom. The molecular formula is C11H12Cl3NO2Sn. The molecule has 0 unspecified atom stereocenters. The Labute approximate surface area is 138 Å². The van der Waals surface area contributed by atoms with Crippen LogP contribution in [0.3, 0.4) is 0 Å².